The van der Waals surface area contributed by atoms with Crippen molar-refractivity contribution in [3.63, 3.8) is 0 Å². The number of hydrogen-bond acceptors (Lipinski definition) is 13. The van der Waals surface area contributed by atoms with Crippen LogP contribution in [0.25, 0.3) is 0 Å². The standard InChI is InChI=1S/C23H21N5O8S2/c1-33-7-10-8-37-19-15(26-17(29)14(27-34-2)13-9-38-23(24)25-13)18(30)28(19)16(10)21(32)36-22-12-6-4-3-5-11(12)20(31)35-22/h3-6,9,15,19,22H,7-8H2,1-2H3,(H2,24,25)(H,26,29)/t15?,19-,22?/m1/s1. The molecule has 0 bridgehead atoms. The topological polar surface area (TPSA) is 172 Å². The van der Waals surface area contributed by atoms with Crippen molar-refractivity contribution >= 4 is 57.7 Å². The number of aromatic nitrogens is 1. The fraction of sp³-hybridized carbons (Fsp3) is 0.304. The van der Waals surface area contributed by atoms with Gasteiger partial charge in [-0.1, -0.05) is 23.4 Å². The average Bonchev–Trinajstić information content (AvgIpc) is 3.48. The van der Waals surface area contributed by atoms with Gasteiger partial charge >= 0.3 is 11.9 Å². The molecule has 0 saturated carbocycles. The van der Waals surface area contributed by atoms with E-state index in [9.17, 15) is 19.2 Å². The number of fused-ring (bicyclic) bond motifs is 2. The van der Waals surface area contributed by atoms with Gasteiger partial charge < -0.3 is 30.1 Å². The summed E-state index contributed by atoms with van der Waals surface area (Å²) in [5.41, 5.74) is 6.94. The number of nitrogens with two attached hydrogens (primary N) is 1. The minimum atomic E-state index is -1.25. The molecule has 3 N–H and O–H groups in total. The van der Waals surface area contributed by atoms with Crippen LogP contribution in [0.1, 0.15) is 27.9 Å². The van der Waals surface area contributed by atoms with E-state index in [0.717, 1.165) is 11.3 Å². The molecule has 0 aliphatic carbocycles. The Morgan fingerprint density at radius 1 is 1.29 bits per heavy atom. The Bertz CT molecular complexity index is 1390. The molecule has 1 saturated heterocycles. The van der Waals surface area contributed by atoms with Gasteiger partial charge in [0.25, 0.3) is 18.1 Å². The summed E-state index contributed by atoms with van der Waals surface area (Å²) in [5, 5.41) is 7.55. The maximum absolute atomic E-state index is 13.3. The molecule has 2 aromatic rings. The van der Waals surface area contributed by atoms with Crippen LogP contribution in [0.2, 0.25) is 0 Å². The van der Waals surface area contributed by atoms with Crippen molar-refractivity contribution in [2.45, 2.75) is 17.7 Å². The highest BCUT2D eigenvalue weighted by Crippen LogP contribution is 2.42. The fourth-order valence-corrected chi connectivity index (χ4v) is 6.09. The van der Waals surface area contributed by atoms with Crippen molar-refractivity contribution in [1.82, 2.24) is 15.2 Å². The Morgan fingerprint density at radius 3 is 2.79 bits per heavy atom. The molecule has 1 fully saturated rings. The SMILES string of the molecule is COCC1=C(C(=O)OC2OC(=O)c3ccccc32)N2C(=O)C(NC(=O)C(=NOC)c3csc(N)n3)[C@H]2SC1. The Morgan fingerprint density at radius 2 is 2.08 bits per heavy atom. The van der Waals surface area contributed by atoms with Crippen molar-refractivity contribution in [1.29, 1.82) is 0 Å². The number of thiazole rings is 1. The number of carbonyl (C=O) groups is 4. The van der Waals surface area contributed by atoms with Crippen molar-refractivity contribution in [3.05, 3.63) is 57.7 Å². The smallest absolute Gasteiger partial charge is 0.358 e. The molecular formula is C23H21N5O8S2. The number of nitrogens with one attached hydrogen (secondary N) is 1. The number of β-lactam (4-membered cyclic amide) rings is 1. The lowest BCUT2D eigenvalue weighted by Crippen LogP contribution is -2.71. The van der Waals surface area contributed by atoms with Gasteiger partial charge in [0.05, 0.1) is 12.2 Å². The molecule has 0 spiro atoms. The summed E-state index contributed by atoms with van der Waals surface area (Å²) >= 11 is 2.47. The zero-order valence-corrected chi connectivity index (χ0v) is 21.7. The highest BCUT2D eigenvalue weighted by Gasteiger charge is 2.55. The third kappa shape index (κ3) is 4.48. The first-order valence-corrected chi connectivity index (χ1v) is 13.1. The molecule has 1 aromatic carbocycles. The van der Waals surface area contributed by atoms with Crippen LogP contribution < -0.4 is 11.1 Å². The number of rotatable bonds is 8. The Balaban J connectivity index is 1.35. The number of amides is 2. The molecule has 2 amide bonds. The summed E-state index contributed by atoms with van der Waals surface area (Å²) < 4.78 is 16.0. The zero-order chi connectivity index (χ0) is 27.0. The molecule has 5 rings (SSSR count). The maximum atomic E-state index is 13.3. The van der Waals surface area contributed by atoms with E-state index in [1.165, 1.54) is 30.9 Å². The van der Waals surface area contributed by atoms with Gasteiger partial charge in [0.1, 0.15) is 29.9 Å². The van der Waals surface area contributed by atoms with Crippen LogP contribution in [-0.2, 0) is 33.4 Å². The number of carbonyl (C=O) groups excluding carboxylic acids is 4. The third-order valence-electron chi connectivity index (χ3n) is 5.87. The average molecular weight is 560 g/mol. The summed E-state index contributed by atoms with van der Waals surface area (Å²) in [6.45, 7) is 0.0713. The molecule has 3 aliphatic heterocycles. The molecular weight excluding hydrogens is 538 g/mol. The molecule has 38 heavy (non-hydrogen) atoms. The summed E-state index contributed by atoms with van der Waals surface area (Å²) in [5.74, 6) is -2.35. The Kier molecular flexibility index (Phi) is 7.05. The Hall–Kier alpha value is -3.95. The van der Waals surface area contributed by atoms with E-state index >= 15 is 0 Å². The molecule has 15 heteroatoms. The molecule has 0 radical (unpaired) electrons. The second kappa shape index (κ2) is 10.4. The van der Waals surface area contributed by atoms with E-state index in [4.69, 9.17) is 24.8 Å². The number of esters is 2. The molecule has 3 aliphatic rings. The van der Waals surface area contributed by atoms with Crippen molar-refractivity contribution in [3.8, 4) is 0 Å². The van der Waals surface area contributed by atoms with Gasteiger partial charge in [0, 0.05) is 23.8 Å². The minimum Gasteiger partial charge on any atom is -0.417 e. The first-order chi connectivity index (χ1) is 18.3. The lowest BCUT2D eigenvalue weighted by Gasteiger charge is -2.49. The summed E-state index contributed by atoms with van der Waals surface area (Å²) in [4.78, 5) is 61.8. The number of thioether (sulfide) groups is 1. The van der Waals surface area contributed by atoms with Crippen LogP contribution in [0.3, 0.4) is 0 Å². The van der Waals surface area contributed by atoms with Gasteiger partial charge in [-0.3, -0.25) is 14.5 Å². The third-order valence-corrected chi connectivity index (χ3v) is 7.88. The number of benzene rings is 1. The van der Waals surface area contributed by atoms with Gasteiger partial charge in [-0.25, -0.2) is 14.6 Å². The Labute approximate surface area is 223 Å². The molecule has 3 atom stereocenters. The molecule has 4 heterocycles. The minimum absolute atomic E-state index is 0.00964. The fourth-order valence-electron chi connectivity index (χ4n) is 4.21. The quantitative estimate of drug-likeness (QED) is 0.203. The van der Waals surface area contributed by atoms with Crippen molar-refractivity contribution in [2.75, 3.05) is 32.3 Å². The molecule has 198 valence electrons. The van der Waals surface area contributed by atoms with E-state index in [-0.39, 0.29) is 28.8 Å². The van der Waals surface area contributed by atoms with Gasteiger partial charge in [0.2, 0.25) is 0 Å². The van der Waals surface area contributed by atoms with Crippen molar-refractivity contribution < 1.29 is 38.2 Å². The normalized spacial score (nSPS) is 22.3. The van der Waals surface area contributed by atoms with Gasteiger partial charge in [-0.15, -0.1) is 23.1 Å². The summed E-state index contributed by atoms with van der Waals surface area (Å²) in [6.07, 6.45) is -1.25. The number of anilines is 1. The summed E-state index contributed by atoms with van der Waals surface area (Å²) in [6, 6.07) is 5.60. The lowest BCUT2D eigenvalue weighted by molar-refractivity contribution is -0.168. The van der Waals surface area contributed by atoms with Crippen LogP contribution in [0.15, 0.2) is 46.1 Å². The number of nitrogen functional groups attached to an aromatic ring is 1. The summed E-state index contributed by atoms with van der Waals surface area (Å²) in [7, 11) is 2.74. The lowest BCUT2D eigenvalue weighted by atomic mass is 10.0. The predicted octanol–water partition coefficient (Wildman–Crippen LogP) is 0.789. The van der Waals surface area contributed by atoms with E-state index < -0.39 is 41.5 Å². The first kappa shape index (κ1) is 25.7. The number of ether oxygens (including phenoxy) is 3. The largest absolute Gasteiger partial charge is 0.417 e. The van der Waals surface area contributed by atoms with E-state index in [1.54, 1.807) is 29.6 Å². The number of cyclic esters (lactones) is 1. The number of methoxy groups -OCH3 is 1. The monoisotopic (exact) mass is 559 g/mol. The second-order valence-electron chi connectivity index (χ2n) is 8.17. The highest BCUT2D eigenvalue weighted by atomic mass is 32.2. The van der Waals surface area contributed by atoms with Gasteiger partial charge in [-0.05, 0) is 11.6 Å². The van der Waals surface area contributed by atoms with Gasteiger partial charge in [-0.2, -0.15) is 0 Å². The number of oxime groups is 1. The predicted molar refractivity (Wildman–Crippen MR) is 135 cm³/mol. The van der Waals surface area contributed by atoms with Crippen LogP contribution in [0.5, 0.6) is 0 Å². The highest BCUT2D eigenvalue weighted by molar-refractivity contribution is 8.00. The maximum Gasteiger partial charge on any atom is 0.358 e. The van der Waals surface area contributed by atoms with E-state index in [1.807, 2.05) is 0 Å². The molecule has 2 unspecified atom stereocenters. The van der Waals surface area contributed by atoms with Crippen LogP contribution in [0, 0.1) is 0 Å². The van der Waals surface area contributed by atoms with Crippen LogP contribution in [0.4, 0.5) is 5.13 Å². The van der Waals surface area contributed by atoms with E-state index in [2.05, 4.69) is 15.5 Å². The van der Waals surface area contributed by atoms with Crippen LogP contribution in [-0.4, -0.2) is 77.3 Å². The zero-order valence-electron chi connectivity index (χ0n) is 20.0. The number of hydrogen-bond donors (Lipinski definition) is 2. The second-order valence-corrected chi connectivity index (χ2v) is 10.2. The van der Waals surface area contributed by atoms with E-state index in [0.29, 0.717) is 22.5 Å². The van der Waals surface area contributed by atoms with Crippen LogP contribution >= 0.6 is 23.1 Å². The first-order valence-electron chi connectivity index (χ1n) is 11.1. The molecule has 13 nitrogen and oxygen atoms in total. The molecule has 1 aromatic heterocycles. The van der Waals surface area contributed by atoms with Gasteiger partial charge in [0.15, 0.2) is 10.8 Å². The number of nitrogens with zero attached hydrogens (tertiary/aromatic N) is 3. The van der Waals surface area contributed by atoms with Crippen molar-refractivity contribution in [2.24, 2.45) is 5.16 Å².